The van der Waals surface area contributed by atoms with Crippen LogP contribution >= 0.6 is 0 Å². The van der Waals surface area contributed by atoms with E-state index in [0.717, 1.165) is 17.8 Å². The molecule has 1 aromatic carbocycles. The van der Waals surface area contributed by atoms with Gasteiger partial charge in [0.15, 0.2) is 0 Å². The first-order valence-corrected chi connectivity index (χ1v) is 8.44. The van der Waals surface area contributed by atoms with Crippen LogP contribution in [0.1, 0.15) is 41.0 Å². The van der Waals surface area contributed by atoms with Gasteiger partial charge in [0.2, 0.25) is 0 Å². The Kier molecular flexibility index (Phi) is 6.93. The minimum absolute atomic E-state index is 0.0976. The van der Waals surface area contributed by atoms with E-state index in [1.54, 1.807) is 7.05 Å². The highest BCUT2D eigenvalue weighted by Crippen LogP contribution is 2.42. The van der Waals surface area contributed by atoms with Gasteiger partial charge in [-0.2, -0.15) is 10.2 Å². The molecule has 0 saturated carbocycles. The molecule has 0 atom stereocenters. The van der Waals surface area contributed by atoms with Crippen LogP contribution in [0.2, 0.25) is 0 Å². The molecule has 0 spiro atoms. The molecule has 1 rings (SSSR count). The Morgan fingerprint density at radius 2 is 1.75 bits per heavy atom. The molecule has 0 saturated heterocycles. The average molecular weight is 333 g/mol. The summed E-state index contributed by atoms with van der Waals surface area (Å²) in [5.74, 6) is -0.138. The maximum absolute atomic E-state index is 12.4. The highest BCUT2D eigenvalue weighted by atomic mass is 16.5. The number of azo groups is 1. The molecule has 0 aliphatic heterocycles. The van der Waals surface area contributed by atoms with Crippen LogP contribution < -0.4 is 4.90 Å². The molecule has 0 heterocycles. The number of hydrogen-bond acceptors (Lipinski definition) is 5. The summed E-state index contributed by atoms with van der Waals surface area (Å²) in [6, 6.07) is 7.79. The zero-order valence-electron chi connectivity index (χ0n) is 16.1. The molecule has 0 radical (unpaired) electrons. The molecule has 134 valence electrons. The van der Waals surface area contributed by atoms with Crippen molar-refractivity contribution in [1.82, 2.24) is 0 Å². The quantitative estimate of drug-likeness (QED) is 0.505. The van der Waals surface area contributed by atoms with Crippen LogP contribution in [-0.4, -0.2) is 33.2 Å². The molecular weight excluding hydrogens is 302 g/mol. The molecular formula is C19H31N3O2. The summed E-state index contributed by atoms with van der Waals surface area (Å²) < 4.78 is 5.54. The summed E-state index contributed by atoms with van der Waals surface area (Å²) in [7, 11) is 3.63. The standard InChI is InChI=1S/C19H31N3O2/c1-8-18(2,3)19(4,5)17(23)24-14-13-22(7)16-11-9-15(10-12-16)21-20-6/h9-12H,8,13-14H2,1-7H3/b21-20+. The third kappa shape index (κ3) is 4.79. The first-order valence-electron chi connectivity index (χ1n) is 8.44. The topological polar surface area (TPSA) is 54.3 Å². The molecule has 0 aromatic heterocycles. The number of esters is 1. The van der Waals surface area contributed by atoms with Gasteiger partial charge in [0.25, 0.3) is 0 Å². The fourth-order valence-electron chi connectivity index (χ4n) is 2.19. The van der Waals surface area contributed by atoms with Gasteiger partial charge in [-0.25, -0.2) is 0 Å². The second kappa shape index (κ2) is 8.27. The van der Waals surface area contributed by atoms with E-state index in [2.05, 4.69) is 35.9 Å². The number of likely N-dealkylation sites (N-methyl/N-ethyl adjacent to an activating group) is 1. The van der Waals surface area contributed by atoms with E-state index in [4.69, 9.17) is 4.74 Å². The number of carbonyl (C=O) groups excluding carboxylic acids is 1. The molecule has 0 bridgehead atoms. The highest BCUT2D eigenvalue weighted by Gasteiger charge is 2.43. The summed E-state index contributed by atoms with van der Waals surface area (Å²) in [6.07, 6.45) is 0.927. The van der Waals surface area contributed by atoms with E-state index in [1.165, 1.54) is 0 Å². The predicted octanol–water partition coefficient (Wildman–Crippen LogP) is 4.84. The third-order valence-corrected chi connectivity index (χ3v) is 5.25. The Morgan fingerprint density at radius 1 is 1.17 bits per heavy atom. The van der Waals surface area contributed by atoms with E-state index in [-0.39, 0.29) is 11.4 Å². The monoisotopic (exact) mass is 333 g/mol. The number of rotatable bonds is 8. The summed E-state index contributed by atoms with van der Waals surface area (Å²) >= 11 is 0. The molecule has 1 aromatic rings. The van der Waals surface area contributed by atoms with Gasteiger partial charge >= 0.3 is 5.97 Å². The van der Waals surface area contributed by atoms with Crippen molar-refractivity contribution in [3.63, 3.8) is 0 Å². The van der Waals surface area contributed by atoms with Gasteiger partial charge in [-0.3, -0.25) is 4.79 Å². The van der Waals surface area contributed by atoms with Gasteiger partial charge < -0.3 is 9.64 Å². The lowest BCUT2D eigenvalue weighted by atomic mass is 9.66. The number of anilines is 1. The molecule has 0 aliphatic rings. The molecule has 5 nitrogen and oxygen atoms in total. The van der Waals surface area contributed by atoms with Gasteiger partial charge in [-0.1, -0.05) is 20.8 Å². The summed E-state index contributed by atoms with van der Waals surface area (Å²) in [4.78, 5) is 14.5. The maximum atomic E-state index is 12.4. The van der Waals surface area contributed by atoms with Crippen LogP contribution in [0, 0.1) is 10.8 Å². The van der Waals surface area contributed by atoms with Gasteiger partial charge in [-0.15, -0.1) is 0 Å². The van der Waals surface area contributed by atoms with Crippen LogP contribution in [0.4, 0.5) is 11.4 Å². The van der Waals surface area contributed by atoms with Gasteiger partial charge in [0.05, 0.1) is 17.6 Å². The second-order valence-electron chi connectivity index (χ2n) is 7.24. The van der Waals surface area contributed by atoms with Crippen LogP contribution in [0.25, 0.3) is 0 Å². The molecule has 0 N–H and O–H groups in total. The van der Waals surface area contributed by atoms with Gasteiger partial charge in [0.1, 0.15) is 6.61 Å². The second-order valence-corrected chi connectivity index (χ2v) is 7.24. The Hall–Kier alpha value is -1.91. The number of nitrogens with zero attached hydrogens (tertiary/aromatic N) is 3. The fraction of sp³-hybridized carbons (Fsp3) is 0.632. The molecule has 0 aliphatic carbocycles. The molecule has 0 unspecified atom stereocenters. The number of ether oxygens (including phenoxy) is 1. The maximum Gasteiger partial charge on any atom is 0.312 e. The third-order valence-electron chi connectivity index (χ3n) is 5.25. The van der Waals surface area contributed by atoms with Gasteiger partial charge in [-0.05, 0) is 49.9 Å². The van der Waals surface area contributed by atoms with E-state index in [9.17, 15) is 4.79 Å². The Labute approximate surface area is 146 Å². The van der Waals surface area contributed by atoms with Crippen molar-refractivity contribution in [1.29, 1.82) is 0 Å². The zero-order valence-corrected chi connectivity index (χ0v) is 16.1. The zero-order chi connectivity index (χ0) is 18.4. The number of hydrogen-bond donors (Lipinski definition) is 0. The number of benzene rings is 1. The van der Waals surface area contributed by atoms with E-state index in [1.807, 2.05) is 45.2 Å². The lowest BCUT2D eigenvalue weighted by Gasteiger charge is -2.38. The normalized spacial score (nSPS) is 12.5. The minimum atomic E-state index is -0.507. The Balaban J connectivity index is 2.56. The lowest BCUT2D eigenvalue weighted by Crippen LogP contribution is -2.41. The van der Waals surface area contributed by atoms with Crippen LogP contribution in [0.15, 0.2) is 34.5 Å². The SMILES string of the molecule is CCC(C)(C)C(C)(C)C(=O)OCCN(C)c1ccc(/N=N/C)cc1. The van der Waals surface area contributed by atoms with Crippen molar-refractivity contribution in [2.24, 2.45) is 21.1 Å². The first-order chi connectivity index (χ1) is 11.2. The molecule has 0 amide bonds. The van der Waals surface area contributed by atoms with Crippen LogP contribution in [-0.2, 0) is 9.53 Å². The summed E-state index contributed by atoms with van der Waals surface area (Å²) in [5.41, 5.74) is 1.27. The largest absolute Gasteiger partial charge is 0.463 e. The minimum Gasteiger partial charge on any atom is -0.463 e. The molecule has 0 fully saturated rings. The number of carbonyl (C=O) groups is 1. The predicted molar refractivity (Wildman–Crippen MR) is 99.0 cm³/mol. The molecule has 24 heavy (non-hydrogen) atoms. The van der Waals surface area contributed by atoms with Crippen molar-refractivity contribution in [2.45, 2.75) is 41.0 Å². The van der Waals surface area contributed by atoms with Crippen molar-refractivity contribution in [3.05, 3.63) is 24.3 Å². The molecule has 5 heteroatoms. The van der Waals surface area contributed by atoms with Crippen molar-refractivity contribution < 1.29 is 9.53 Å². The summed E-state index contributed by atoms with van der Waals surface area (Å²) in [5, 5.41) is 7.74. The Morgan fingerprint density at radius 3 is 2.25 bits per heavy atom. The average Bonchev–Trinajstić information content (AvgIpc) is 2.55. The van der Waals surface area contributed by atoms with Crippen molar-refractivity contribution in [3.8, 4) is 0 Å². The van der Waals surface area contributed by atoms with Crippen LogP contribution in [0.3, 0.4) is 0 Å². The van der Waals surface area contributed by atoms with E-state index in [0.29, 0.717) is 13.2 Å². The van der Waals surface area contributed by atoms with Crippen molar-refractivity contribution >= 4 is 17.3 Å². The van der Waals surface area contributed by atoms with E-state index >= 15 is 0 Å². The lowest BCUT2D eigenvalue weighted by molar-refractivity contribution is -0.160. The fourth-order valence-corrected chi connectivity index (χ4v) is 2.19. The van der Waals surface area contributed by atoms with Crippen molar-refractivity contribution in [2.75, 3.05) is 32.1 Å². The summed E-state index contributed by atoms with van der Waals surface area (Å²) in [6.45, 7) is 11.3. The van der Waals surface area contributed by atoms with E-state index < -0.39 is 5.41 Å². The highest BCUT2D eigenvalue weighted by molar-refractivity contribution is 5.77. The smallest absolute Gasteiger partial charge is 0.312 e. The van der Waals surface area contributed by atoms with Crippen LogP contribution in [0.5, 0.6) is 0 Å². The van der Waals surface area contributed by atoms with Gasteiger partial charge in [0, 0.05) is 19.8 Å². The first kappa shape index (κ1) is 20.1. The Bertz CT molecular complexity index is 562.